The summed E-state index contributed by atoms with van der Waals surface area (Å²) < 4.78 is 0. The minimum absolute atomic E-state index is 0.0869. The number of unbranched alkanes of at least 4 members (excludes halogenated alkanes) is 20. The lowest BCUT2D eigenvalue weighted by Gasteiger charge is -2.16. The highest BCUT2D eigenvalue weighted by Crippen LogP contribution is 2.12. The van der Waals surface area contributed by atoms with E-state index in [1.807, 2.05) is 0 Å². The van der Waals surface area contributed by atoms with Crippen LogP contribution in [-0.2, 0) is 24.0 Å². The fraction of sp³-hybridized carbons (Fsp3) is 0.623. The molecule has 0 aliphatic carbocycles. The second-order valence-corrected chi connectivity index (χ2v) is 21.8. The molecule has 0 unspecified atom stereocenters. The van der Waals surface area contributed by atoms with Gasteiger partial charge in [-0.2, -0.15) is 0 Å². The Labute approximate surface area is 547 Å². The van der Waals surface area contributed by atoms with Crippen LogP contribution >= 0.6 is 0 Å². The quantitative estimate of drug-likeness (QED) is 0.0161. The zero-order valence-electron chi connectivity index (χ0n) is 56.8. The fourth-order valence-electron chi connectivity index (χ4n) is 8.00. The first-order chi connectivity index (χ1) is 43.7. The van der Waals surface area contributed by atoms with Crippen molar-refractivity contribution in [3.8, 4) is 0 Å². The molecule has 0 fully saturated rings. The van der Waals surface area contributed by atoms with Crippen LogP contribution in [-0.4, -0.2) is 95.9 Å². The van der Waals surface area contributed by atoms with Crippen molar-refractivity contribution in [2.45, 2.75) is 303 Å². The van der Waals surface area contributed by atoms with Crippen molar-refractivity contribution in [3.63, 3.8) is 0 Å². The van der Waals surface area contributed by atoms with E-state index in [1.54, 1.807) is 0 Å². The van der Waals surface area contributed by atoms with Gasteiger partial charge in [0.2, 0.25) is 0 Å². The molecule has 0 aliphatic rings. The third kappa shape index (κ3) is 98.5. The summed E-state index contributed by atoms with van der Waals surface area (Å²) >= 11 is 0. The number of hydrogen-bond acceptors (Lipinski definition) is 9. The minimum atomic E-state index is -1.64. The summed E-state index contributed by atoms with van der Waals surface area (Å²) in [6, 6.07) is 0. The SMILES string of the molecule is CC/C=C\C/C=C\C/C=C\CCCCCCCC(=O)O.CC/C=C\C/C=C\C/C=C\CCCCCCCC(=O)O.CC/C=C\C/C=C\C/C=C\CCCCCCCC(=O)O.CC/C=C\C/C=C\C/C=C\CCCCCCCC(=O)O.O=C[C@H](O)[C@@H](O)[C@H](O)CO. The standard InChI is InChI=1S/4C18H30O2.C5H10O5/c4*1-2-3-4-5-6-7-8-9-10-11-12-13-14-15-16-17-18(19)20;6-1-3(8)5(10)4(9)2-7/h4*3-4,6-7,9-10H,2,5,8,11-17H2,1H3,(H,19,20);1,3-5,7-10H,2H2/b4*4-3-,7-6-,10-9-;/t;;;;3-,4+,5+/m....0/s1. The van der Waals surface area contributed by atoms with E-state index in [1.165, 1.54) is 51.4 Å². The molecule has 0 aliphatic heterocycles. The zero-order chi connectivity index (χ0) is 67.7. The number of carbonyl (C=O) groups is 5. The van der Waals surface area contributed by atoms with E-state index in [4.69, 9.17) is 40.9 Å². The molecule has 0 radical (unpaired) electrons. The molecule has 0 heterocycles. The zero-order valence-corrected chi connectivity index (χ0v) is 56.8. The van der Waals surface area contributed by atoms with Crippen molar-refractivity contribution >= 4 is 30.2 Å². The van der Waals surface area contributed by atoms with E-state index in [2.05, 4.69) is 174 Å². The lowest BCUT2D eigenvalue weighted by atomic mass is 10.1. The van der Waals surface area contributed by atoms with E-state index in [0.29, 0.717) is 25.7 Å². The maximum atomic E-state index is 10.3. The Morgan fingerprint density at radius 1 is 0.278 bits per heavy atom. The highest BCUT2D eigenvalue weighted by molar-refractivity contribution is 5.67. The van der Waals surface area contributed by atoms with Gasteiger partial charge < -0.3 is 45.6 Å². The Bertz CT molecular complexity index is 1680. The van der Waals surface area contributed by atoms with Gasteiger partial charge in [0.1, 0.15) is 18.3 Å². The van der Waals surface area contributed by atoms with Gasteiger partial charge in [0.05, 0.1) is 6.61 Å². The molecule has 0 rings (SSSR count). The number of hydrogen-bond donors (Lipinski definition) is 8. The van der Waals surface area contributed by atoms with Crippen LogP contribution in [0.2, 0.25) is 0 Å². The molecule has 0 saturated carbocycles. The number of carbonyl (C=O) groups excluding carboxylic acids is 1. The van der Waals surface area contributed by atoms with Crippen LogP contribution < -0.4 is 0 Å². The van der Waals surface area contributed by atoms with Gasteiger partial charge in [-0.15, -0.1) is 0 Å². The van der Waals surface area contributed by atoms with E-state index < -0.39 is 48.8 Å². The molecule has 13 heteroatoms. The van der Waals surface area contributed by atoms with Gasteiger partial charge in [-0.1, -0.05) is 251 Å². The Balaban J connectivity index is -0.000000339. The maximum Gasteiger partial charge on any atom is 0.303 e. The highest BCUT2D eigenvalue weighted by atomic mass is 16.4. The molecule has 0 aromatic rings. The summed E-state index contributed by atoms with van der Waals surface area (Å²) in [7, 11) is 0. The van der Waals surface area contributed by atoms with Crippen LogP contribution in [0.1, 0.15) is 285 Å². The number of carboxylic acid groups (broad SMARTS) is 4. The second kappa shape index (κ2) is 85.3. The van der Waals surface area contributed by atoms with Crippen LogP contribution in [0.25, 0.3) is 0 Å². The predicted molar refractivity (Wildman–Crippen MR) is 379 cm³/mol. The number of allylic oxidation sites excluding steroid dienone is 24. The molecule has 3 atom stereocenters. The molecule has 0 spiro atoms. The first kappa shape index (κ1) is 93.0. The number of aliphatic carboxylic acids is 4. The lowest BCUT2D eigenvalue weighted by molar-refractivity contribution is -0.138. The summed E-state index contributed by atoms with van der Waals surface area (Å²) in [5, 5.41) is 68.1. The van der Waals surface area contributed by atoms with Crippen molar-refractivity contribution in [1.82, 2.24) is 0 Å². The summed E-state index contributed by atoms with van der Waals surface area (Å²) in [5.74, 6) is -2.70. The Morgan fingerprint density at radius 3 is 0.633 bits per heavy atom. The van der Waals surface area contributed by atoms with Gasteiger partial charge in [-0.3, -0.25) is 19.2 Å². The molecule has 0 aromatic heterocycles. The van der Waals surface area contributed by atoms with Gasteiger partial charge >= 0.3 is 23.9 Å². The van der Waals surface area contributed by atoms with Crippen LogP contribution in [0.3, 0.4) is 0 Å². The molecular formula is C77H130O13. The molecule has 13 nitrogen and oxygen atoms in total. The first-order valence-electron chi connectivity index (χ1n) is 34.5. The molecule has 0 amide bonds. The average molecular weight is 1260 g/mol. The van der Waals surface area contributed by atoms with E-state index >= 15 is 0 Å². The van der Waals surface area contributed by atoms with Crippen LogP contribution in [0.5, 0.6) is 0 Å². The largest absolute Gasteiger partial charge is 0.481 e. The van der Waals surface area contributed by atoms with Crippen molar-refractivity contribution in [2.24, 2.45) is 0 Å². The molecule has 8 N–H and O–H groups in total. The van der Waals surface area contributed by atoms with Gasteiger partial charge in [-0.05, 0) is 154 Å². The van der Waals surface area contributed by atoms with E-state index in [9.17, 15) is 24.0 Å². The normalized spacial score (nSPS) is 12.9. The highest BCUT2D eigenvalue weighted by Gasteiger charge is 2.23. The summed E-state index contributed by atoms with van der Waals surface area (Å²) in [6.07, 6.45) is 88.9. The first-order valence-corrected chi connectivity index (χ1v) is 34.5. The molecule has 0 saturated heterocycles. The molecule has 0 aromatic carbocycles. The van der Waals surface area contributed by atoms with Gasteiger partial charge in [0.15, 0.2) is 6.29 Å². The maximum absolute atomic E-state index is 10.3. The predicted octanol–water partition coefficient (Wildman–Crippen LogP) is 19.9. The topological polar surface area (TPSA) is 247 Å². The monoisotopic (exact) mass is 1260 g/mol. The van der Waals surface area contributed by atoms with E-state index in [-0.39, 0.29) is 6.29 Å². The van der Waals surface area contributed by atoms with Crippen molar-refractivity contribution in [2.75, 3.05) is 6.61 Å². The van der Waals surface area contributed by atoms with Crippen LogP contribution in [0, 0.1) is 0 Å². The number of aliphatic hydroxyl groups is 4. The smallest absolute Gasteiger partial charge is 0.303 e. The molecule has 0 bridgehead atoms. The number of carboxylic acids is 4. The number of rotatable bonds is 56. The van der Waals surface area contributed by atoms with Crippen molar-refractivity contribution in [3.05, 3.63) is 146 Å². The number of aliphatic hydroxyl groups excluding tert-OH is 4. The third-order valence-electron chi connectivity index (χ3n) is 13.2. The lowest BCUT2D eigenvalue weighted by Crippen LogP contribution is -2.40. The summed E-state index contributed by atoms with van der Waals surface area (Å²) in [6.45, 7) is 7.90. The van der Waals surface area contributed by atoms with Gasteiger partial charge in [0, 0.05) is 25.7 Å². The average Bonchev–Trinajstić information content (AvgIpc) is 3.73. The second-order valence-electron chi connectivity index (χ2n) is 21.8. The summed E-state index contributed by atoms with van der Waals surface area (Å²) in [5.41, 5.74) is 0. The summed E-state index contributed by atoms with van der Waals surface area (Å²) in [4.78, 5) is 51.0. The number of aldehydes is 1. The molecule has 516 valence electrons. The van der Waals surface area contributed by atoms with Crippen LogP contribution in [0.15, 0.2) is 146 Å². The Morgan fingerprint density at radius 2 is 0.456 bits per heavy atom. The minimum Gasteiger partial charge on any atom is -0.481 e. The van der Waals surface area contributed by atoms with Gasteiger partial charge in [0.25, 0.3) is 0 Å². The Kier molecular flexibility index (Phi) is 88.2. The third-order valence-corrected chi connectivity index (χ3v) is 13.2. The van der Waals surface area contributed by atoms with Gasteiger partial charge in [-0.25, -0.2) is 0 Å². The van der Waals surface area contributed by atoms with Crippen molar-refractivity contribution in [1.29, 1.82) is 0 Å². The molecule has 90 heavy (non-hydrogen) atoms. The van der Waals surface area contributed by atoms with E-state index in [0.717, 1.165) is 180 Å². The van der Waals surface area contributed by atoms with Crippen LogP contribution in [0.4, 0.5) is 0 Å². The fourth-order valence-corrected chi connectivity index (χ4v) is 8.00. The molecular weight excluding hydrogens is 1130 g/mol. The Hall–Kier alpha value is -5.73. The van der Waals surface area contributed by atoms with Crippen molar-refractivity contribution < 1.29 is 64.8 Å².